The fraction of sp³-hybridized carbons (Fsp3) is 0.429. The predicted molar refractivity (Wildman–Crippen MR) is 81.4 cm³/mol. The molecule has 1 unspecified atom stereocenters. The Kier molecular flexibility index (Phi) is 5.36. The molecule has 108 valence electrons. The number of carboxylic acid groups (broad SMARTS) is 1. The van der Waals surface area contributed by atoms with Crippen LogP contribution in [0, 0.1) is 3.57 Å². The van der Waals surface area contributed by atoms with Gasteiger partial charge in [0.25, 0.3) is 0 Å². The minimum Gasteiger partial charge on any atom is -0.481 e. The molecule has 0 saturated carbocycles. The van der Waals surface area contributed by atoms with Crippen LogP contribution in [0.25, 0.3) is 0 Å². The molecule has 1 aliphatic rings. The summed E-state index contributed by atoms with van der Waals surface area (Å²) >= 11 is 2.20. The lowest BCUT2D eigenvalue weighted by Crippen LogP contribution is -2.50. The van der Waals surface area contributed by atoms with Crippen LogP contribution in [0.4, 0.5) is 0 Å². The smallest absolute Gasteiger partial charge is 0.305 e. The molecule has 1 aromatic carbocycles. The monoisotopic (exact) mass is 389 g/mol. The van der Waals surface area contributed by atoms with Crippen molar-refractivity contribution in [3.05, 3.63) is 33.4 Å². The van der Waals surface area contributed by atoms with Gasteiger partial charge in [0, 0.05) is 10.1 Å². The molecule has 1 amide bonds. The van der Waals surface area contributed by atoms with Crippen LogP contribution in [0.2, 0.25) is 0 Å². The van der Waals surface area contributed by atoms with Gasteiger partial charge < -0.3 is 14.7 Å². The van der Waals surface area contributed by atoms with Gasteiger partial charge in [-0.15, -0.1) is 0 Å². The average Bonchev–Trinajstić information content (AvgIpc) is 2.41. The fourth-order valence-corrected chi connectivity index (χ4v) is 2.84. The van der Waals surface area contributed by atoms with Gasteiger partial charge in [0.1, 0.15) is 0 Å². The maximum absolute atomic E-state index is 12.4. The summed E-state index contributed by atoms with van der Waals surface area (Å²) in [7, 11) is 0. The van der Waals surface area contributed by atoms with Crippen LogP contribution in [-0.2, 0) is 20.7 Å². The Bertz CT molecular complexity index is 506. The topological polar surface area (TPSA) is 66.8 Å². The van der Waals surface area contributed by atoms with Crippen LogP contribution in [0.15, 0.2) is 24.3 Å². The summed E-state index contributed by atoms with van der Waals surface area (Å²) in [5.74, 6) is -0.948. The van der Waals surface area contributed by atoms with E-state index in [9.17, 15) is 9.59 Å². The second-order valence-electron chi connectivity index (χ2n) is 4.68. The van der Waals surface area contributed by atoms with Crippen molar-refractivity contribution in [3.8, 4) is 0 Å². The zero-order valence-corrected chi connectivity index (χ0v) is 13.1. The second-order valence-corrected chi connectivity index (χ2v) is 5.84. The van der Waals surface area contributed by atoms with Crippen molar-refractivity contribution < 1.29 is 19.4 Å². The van der Waals surface area contributed by atoms with Crippen molar-refractivity contribution in [3.63, 3.8) is 0 Å². The van der Waals surface area contributed by atoms with Crippen LogP contribution < -0.4 is 0 Å². The van der Waals surface area contributed by atoms with Gasteiger partial charge >= 0.3 is 5.97 Å². The van der Waals surface area contributed by atoms with Crippen LogP contribution >= 0.6 is 22.6 Å². The van der Waals surface area contributed by atoms with E-state index in [1.165, 1.54) is 0 Å². The number of carboxylic acids is 1. The molecule has 0 bridgehead atoms. The Balaban J connectivity index is 2.06. The lowest BCUT2D eigenvalue weighted by molar-refractivity contribution is -0.145. The first kappa shape index (κ1) is 15.2. The summed E-state index contributed by atoms with van der Waals surface area (Å²) < 4.78 is 6.32. The highest BCUT2D eigenvalue weighted by molar-refractivity contribution is 14.1. The molecule has 0 spiro atoms. The van der Waals surface area contributed by atoms with Gasteiger partial charge in [0.2, 0.25) is 5.91 Å². The summed E-state index contributed by atoms with van der Waals surface area (Å²) in [4.78, 5) is 24.9. The Labute approximate surface area is 131 Å². The van der Waals surface area contributed by atoms with E-state index >= 15 is 0 Å². The fourth-order valence-electron chi connectivity index (χ4n) is 2.26. The summed E-state index contributed by atoms with van der Waals surface area (Å²) in [5, 5.41) is 8.90. The third-order valence-corrected chi connectivity index (χ3v) is 4.31. The number of benzene rings is 1. The molecule has 2 rings (SSSR count). The molecule has 1 fully saturated rings. The molecule has 1 aliphatic heterocycles. The van der Waals surface area contributed by atoms with Gasteiger partial charge in [-0.1, -0.05) is 18.2 Å². The molecule has 1 aromatic rings. The number of ether oxygens (including phenoxy) is 1. The Morgan fingerprint density at radius 1 is 1.40 bits per heavy atom. The molecule has 20 heavy (non-hydrogen) atoms. The lowest BCUT2D eigenvalue weighted by atomic mass is 10.1. The molecule has 1 saturated heterocycles. The Morgan fingerprint density at radius 2 is 2.15 bits per heavy atom. The molecular formula is C14H16INO4. The SMILES string of the molecule is O=C(O)CC1COCCN1C(=O)Cc1ccccc1I. The first-order valence-corrected chi connectivity index (χ1v) is 7.48. The van der Waals surface area contributed by atoms with Crippen LogP contribution in [0.1, 0.15) is 12.0 Å². The minimum absolute atomic E-state index is 0.0383. The van der Waals surface area contributed by atoms with Crippen molar-refractivity contribution >= 4 is 34.5 Å². The molecule has 5 nitrogen and oxygen atoms in total. The maximum Gasteiger partial charge on any atom is 0.305 e. The van der Waals surface area contributed by atoms with Gasteiger partial charge in [-0.25, -0.2) is 0 Å². The van der Waals surface area contributed by atoms with Gasteiger partial charge in [0.05, 0.1) is 32.1 Å². The highest BCUT2D eigenvalue weighted by Crippen LogP contribution is 2.16. The third kappa shape index (κ3) is 3.92. The van der Waals surface area contributed by atoms with E-state index in [0.29, 0.717) is 26.2 Å². The minimum atomic E-state index is -0.910. The Morgan fingerprint density at radius 3 is 2.85 bits per heavy atom. The van der Waals surface area contributed by atoms with E-state index in [1.54, 1.807) is 4.90 Å². The number of carbonyl (C=O) groups excluding carboxylic acids is 1. The van der Waals surface area contributed by atoms with Crippen molar-refractivity contribution in [1.82, 2.24) is 4.90 Å². The average molecular weight is 389 g/mol. The number of morpholine rings is 1. The predicted octanol–water partition coefficient (Wildman–Crippen LogP) is 1.54. The standard InChI is InChI=1S/C14H16INO4/c15-12-4-2-1-3-10(12)7-13(17)16-5-6-20-9-11(16)8-14(18)19/h1-4,11H,5-9H2,(H,18,19). The highest BCUT2D eigenvalue weighted by atomic mass is 127. The number of aliphatic carboxylic acids is 1. The normalized spacial score (nSPS) is 18.9. The van der Waals surface area contributed by atoms with Gasteiger partial charge in [-0.3, -0.25) is 9.59 Å². The van der Waals surface area contributed by atoms with Gasteiger partial charge in [0.15, 0.2) is 0 Å². The molecule has 1 N–H and O–H groups in total. The van der Waals surface area contributed by atoms with Crippen LogP contribution in [0.5, 0.6) is 0 Å². The van der Waals surface area contributed by atoms with Crippen LogP contribution in [-0.4, -0.2) is 47.7 Å². The number of carbonyl (C=O) groups is 2. The number of halogens is 1. The van der Waals surface area contributed by atoms with Gasteiger partial charge in [-0.05, 0) is 34.2 Å². The number of hydrogen-bond acceptors (Lipinski definition) is 3. The first-order chi connectivity index (χ1) is 9.58. The molecular weight excluding hydrogens is 373 g/mol. The highest BCUT2D eigenvalue weighted by Gasteiger charge is 2.29. The van der Waals surface area contributed by atoms with Crippen molar-refractivity contribution in [2.45, 2.75) is 18.9 Å². The van der Waals surface area contributed by atoms with E-state index in [4.69, 9.17) is 9.84 Å². The van der Waals surface area contributed by atoms with E-state index in [2.05, 4.69) is 22.6 Å². The Hall–Kier alpha value is -1.15. The number of rotatable bonds is 4. The molecule has 0 aliphatic carbocycles. The van der Waals surface area contributed by atoms with E-state index in [-0.39, 0.29) is 18.4 Å². The van der Waals surface area contributed by atoms with E-state index < -0.39 is 5.97 Å². The van der Waals surface area contributed by atoms with Crippen LogP contribution in [0.3, 0.4) is 0 Å². The number of amides is 1. The molecule has 1 heterocycles. The van der Waals surface area contributed by atoms with E-state index in [0.717, 1.165) is 9.13 Å². The lowest BCUT2D eigenvalue weighted by Gasteiger charge is -2.35. The zero-order chi connectivity index (χ0) is 14.5. The molecule has 1 atom stereocenters. The summed E-state index contributed by atoms with van der Waals surface area (Å²) in [6, 6.07) is 7.34. The van der Waals surface area contributed by atoms with Crippen molar-refractivity contribution in [2.24, 2.45) is 0 Å². The molecule has 0 aromatic heterocycles. The largest absolute Gasteiger partial charge is 0.481 e. The second kappa shape index (κ2) is 7.03. The summed E-state index contributed by atoms with van der Waals surface area (Å²) in [6.07, 6.45) is 0.229. The zero-order valence-electron chi connectivity index (χ0n) is 10.9. The quantitative estimate of drug-likeness (QED) is 0.794. The molecule has 0 radical (unpaired) electrons. The summed E-state index contributed by atoms with van der Waals surface area (Å²) in [5.41, 5.74) is 0.971. The summed E-state index contributed by atoms with van der Waals surface area (Å²) in [6.45, 7) is 1.22. The van der Waals surface area contributed by atoms with E-state index in [1.807, 2.05) is 24.3 Å². The van der Waals surface area contributed by atoms with Crippen molar-refractivity contribution in [2.75, 3.05) is 19.8 Å². The number of hydrogen-bond donors (Lipinski definition) is 1. The number of nitrogens with zero attached hydrogens (tertiary/aromatic N) is 1. The van der Waals surface area contributed by atoms with Crippen molar-refractivity contribution in [1.29, 1.82) is 0 Å². The molecule has 6 heteroatoms. The first-order valence-electron chi connectivity index (χ1n) is 6.40. The maximum atomic E-state index is 12.4. The third-order valence-electron chi connectivity index (χ3n) is 3.26. The van der Waals surface area contributed by atoms with Gasteiger partial charge in [-0.2, -0.15) is 0 Å².